The summed E-state index contributed by atoms with van der Waals surface area (Å²) < 4.78 is 0. The van der Waals surface area contributed by atoms with E-state index < -0.39 is 0 Å². The first-order chi connectivity index (χ1) is 10.6. The van der Waals surface area contributed by atoms with Gasteiger partial charge >= 0.3 is 0 Å². The molecule has 0 bridgehead atoms. The van der Waals surface area contributed by atoms with E-state index >= 15 is 0 Å². The minimum absolute atomic E-state index is 0.349. The van der Waals surface area contributed by atoms with E-state index in [1.807, 2.05) is 44.2 Å². The fourth-order valence-corrected chi connectivity index (χ4v) is 2.35. The molecular weight excluding hydrogens is 274 g/mol. The fraction of sp³-hybridized carbons (Fsp3) is 0.278. The zero-order valence-corrected chi connectivity index (χ0v) is 13.1. The zero-order valence-electron chi connectivity index (χ0n) is 13.1. The molecule has 0 atom stereocenters. The van der Waals surface area contributed by atoms with Gasteiger partial charge in [0.05, 0.1) is 6.54 Å². The quantitative estimate of drug-likeness (QED) is 0.587. The molecule has 0 fully saturated rings. The second-order valence-electron chi connectivity index (χ2n) is 5.44. The molecule has 0 amide bonds. The van der Waals surface area contributed by atoms with Crippen molar-refractivity contribution in [1.29, 1.82) is 0 Å². The molecule has 0 aliphatic carbocycles. The number of aryl methyl sites for hydroxylation is 2. The summed E-state index contributed by atoms with van der Waals surface area (Å²) in [5, 5.41) is 12.9. The molecule has 22 heavy (non-hydrogen) atoms. The third-order valence-electron chi connectivity index (χ3n) is 3.55. The summed E-state index contributed by atoms with van der Waals surface area (Å²) in [5.41, 5.74) is 9.92. The molecule has 4 nitrogen and oxygen atoms in total. The predicted molar refractivity (Wildman–Crippen MR) is 91.1 cm³/mol. The Bertz CT molecular complexity index is 628. The number of hydrogen-bond donors (Lipinski definition) is 3. The number of aromatic hydroxyl groups is 1. The smallest absolute Gasteiger partial charge is 0.188 e. The van der Waals surface area contributed by atoms with Crippen LogP contribution in [0.4, 0.5) is 0 Å². The molecule has 116 valence electrons. The van der Waals surface area contributed by atoms with Crippen molar-refractivity contribution in [2.45, 2.75) is 26.8 Å². The number of nitrogens with zero attached hydrogens (tertiary/aromatic N) is 1. The number of nitrogens with one attached hydrogen (secondary N) is 1. The highest BCUT2D eigenvalue weighted by Crippen LogP contribution is 2.23. The van der Waals surface area contributed by atoms with Gasteiger partial charge in [0.25, 0.3) is 0 Å². The highest BCUT2D eigenvalue weighted by molar-refractivity contribution is 5.77. The summed E-state index contributed by atoms with van der Waals surface area (Å²) in [6.07, 6.45) is 0.911. The van der Waals surface area contributed by atoms with E-state index in [1.54, 1.807) is 0 Å². The molecule has 0 spiro atoms. The van der Waals surface area contributed by atoms with Gasteiger partial charge in [-0.1, -0.05) is 42.5 Å². The number of benzene rings is 2. The number of guanidine groups is 1. The summed E-state index contributed by atoms with van der Waals surface area (Å²) in [7, 11) is 0. The molecule has 0 aliphatic rings. The van der Waals surface area contributed by atoms with Crippen LogP contribution in [-0.2, 0) is 13.0 Å². The first-order valence-electron chi connectivity index (χ1n) is 7.43. The maximum absolute atomic E-state index is 9.76. The van der Waals surface area contributed by atoms with Gasteiger partial charge in [-0.2, -0.15) is 0 Å². The average Bonchev–Trinajstić information content (AvgIpc) is 2.51. The van der Waals surface area contributed by atoms with Crippen LogP contribution < -0.4 is 11.1 Å². The Hall–Kier alpha value is -2.49. The first-order valence-corrected chi connectivity index (χ1v) is 7.43. The largest absolute Gasteiger partial charge is 0.507 e. The average molecular weight is 297 g/mol. The summed E-state index contributed by atoms with van der Waals surface area (Å²) in [6.45, 7) is 5.03. The number of phenols is 1. The lowest BCUT2D eigenvalue weighted by atomic mass is 10.1. The maximum atomic E-state index is 9.76. The second kappa shape index (κ2) is 7.50. The van der Waals surface area contributed by atoms with Crippen LogP contribution in [0, 0.1) is 13.8 Å². The molecule has 2 rings (SSSR count). The van der Waals surface area contributed by atoms with E-state index in [9.17, 15) is 5.11 Å². The van der Waals surface area contributed by atoms with Gasteiger partial charge in [0.15, 0.2) is 5.96 Å². The highest BCUT2D eigenvalue weighted by Gasteiger charge is 2.03. The molecule has 2 aromatic rings. The normalized spacial score (nSPS) is 11.5. The third kappa shape index (κ3) is 4.52. The van der Waals surface area contributed by atoms with Gasteiger partial charge in [0.1, 0.15) is 5.75 Å². The minimum atomic E-state index is 0.349. The van der Waals surface area contributed by atoms with Crippen LogP contribution in [-0.4, -0.2) is 17.6 Å². The van der Waals surface area contributed by atoms with Crippen molar-refractivity contribution in [2.75, 3.05) is 6.54 Å². The number of phenolic OH excluding ortho intramolecular Hbond substituents is 1. The van der Waals surface area contributed by atoms with Crippen molar-refractivity contribution in [2.24, 2.45) is 10.7 Å². The number of aliphatic imine (C=N–C) groups is 1. The van der Waals surface area contributed by atoms with Gasteiger partial charge in [-0.25, -0.2) is 4.99 Å². The molecule has 4 heteroatoms. The third-order valence-corrected chi connectivity index (χ3v) is 3.55. The number of hydrogen-bond acceptors (Lipinski definition) is 2. The van der Waals surface area contributed by atoms with Crippen LogP contribution in [0.5, 0.6) is 5.75 Å². The lowest BCUT2D eigenvalue weighted by molar-refractivity contribution is 0.466. The molecule has 2 aromatic carbocycles. The van der Waals surface area contributed by atoms with Crippen molar-refractivity contribution in [3.8, 4) is 5.75 Å². The van der Waals surface area contributed by atoms with Crippen LogP contribution in [0.15, 0.2) is 47.5 Å². The maximum Gasteiger partial charge on any atom is 0.188 e. The Morgan fingerprint density at radius 1 is 1.09 bits per heavy atom. The van der Waals surface area contributed by atoms with E-state index in [2.05, 4.69) is 22.4 Å². The molecule has 0 heterocycles. The monoisotopic (exact) mass is 297 g/mol. The van der Waals surface area contributed by atoms with E-state index in [0.717, 1.165) is 29.7 Å². The van der Waals surface area contributed by atoms with Gasteiger partial charge < -0.3 is 16.2 Å². The van der Waals surface area contributed by atoms with E-state index in [1.165, 1.54) is 5.56 Å². The predicted octanol–water partition coefficient (Wildman–Crippen LogP) is 2.66. The van der Waals surface area contributed by atoms with Gasteiger partial charge in [0, 0.05) is 6.54 Å². The topological polar surface area (TPSA) is 70.6 Å². The van der Waals surface area contributed by atoms with Crippen molar-refractivity contribution in [1.82, 2.24) is 5.32 Å². The van der Waals surface area contributed by atoms with Crippen molar-refractivity contribution >= 4 is 5.96 Å². The lowest BCUT2D eigenvalue weighted by Gasteiger charge is -2.08. The summed E-state index contributed by atoms with van der Waals surface area (Å²) >= 11 is 0. The Kier molecular flexibility index (Phi) is 5.42. The molecule has 0 radical (unpaired) electrons. The Labute approximate surface area is 131 Å². The standard InChI is InChI=1S/C18H23N3O/c1-13-10-16(11-14(2)17(13)22)12-21-18(19)20-9-8-15-6-4-3-5-7-15/h3-7,10-11,22H,8-9,12H2,1-2H3,(H3,19,20,21). The molecule has 0 aromatic heterocycles. The molecular formula is C18H23N3O. The molecule has 4 N–H and O–H groups in total. The van der Waals surface area contributed by atoms with Gasteiger partial charge in [-0.15, -0.1) is 0 Å². The van der Waals surface area contributed by atoms with E-state index in [0.29, 0.717) is 18.3 Å². The summed E-state index contributed by atoms with van der Waals surface area (Å²) in [4.78, 5) is 4.34. The van der Waals surface area contributed by atoms with E-state index in [4.69, 9.17) is 5.73 Å². The van der Waals surface area contributed by atoms with Crippen molar-refractivity contribution in [3.05, 3.63) is 64.7 Å². The molecule has 0 saturated carbocycles. The second-order valence-corrected chi connectivity index (χ2v) is 5.44. The minimum Gasteiger partial charge on any atom is -0.507 e. The van der Waals surface area contributed by atoms with Crippen LogP contribution in [0.25, 0.3) is 0 Å². The van der Waals surface area contributed by atoms with Crippen LogP contribution >= 0.6 is 0 Å². The van der Waals surface area contributed by atoms with E-state index in [-0.39, 0.29) is 0 Å². The van der Waals surface area contributed by atoms with Gasteiger partial charge in [0.2, 0.25) is 0 Å². The number of rotatable bonds is 5. The molecule has 0 unspecified atom stereocenters. The Morgan fingerprint density at radius 3 is 2.36 bits per heavy atom. The summed E-state index contributed by atoms with van der Waals surface area (Å²) in [6, 6.07) is 14.1. The molecule has 0 aliphatic heterocycles. The first kappa shape index (κ1) is 15.9. The van der Waals surface area contributed by atoms with Crippen LogP contribution in [0.2, 0.25) is 0 Å². The SMILES string of the molecule is Cc1cc(CN=C(N)NCCc2ccccc2)cc(C)c1O. The Balaban J connectivity index is 1.85. The zero-order chi connectivity index (χ0) is 15.9. The van der Waals surface area contributed by atoms with Crippen LogP contribution in [0.3, 0.4) is 0 Å². The Morgan fingerprint density at radius 2 is 1.73 bits per heavy atom. The highest BCUT2D eigenvalue weighted by atomic mass is 16.3. The molecule has 0 saturated heterocycles. The van der Waals surface area contributed by atoms with Crippen molar-refractivity contribution < 1.29 is 5.11 Å². The number of nitrogens with two attached hydrogens (primary N) is 1. The fourth-order valence-electron chi connectivity index (χ4n) is 2.35. The van der Waals surface area contributed by atoms with Crippen molar-refractivity contribution in [3.63, 3.8) is 0 Å². The van der Waals surface area contributed by atoms with Gasteiger partial charge in [-0.05, 0) is 42.5 Å². The lowest BCUT2D eigenvalue weighted by Crippen LogP contribution is -2.33. The van der Waals surface area contributed by atoms with Gasteiger partial charge in [-0.3, -0.25) is 0 Å². The van der Waals surface area contributed by atoms with Crippen LogP contribution in [0.1, 0.15) is 22.3 Å². The summed E-state index contributed by atoms with van der Waals surface area (Å²) in [5.74, 6) is 0.793.